The van der Waals surface area contributed by atoms with Gasteiger partial charge < -0.3 is 0 Å². The van der Waals surface area contributed by atoms with E-state index in [1.165, 1.54) is 17.7 Å². The summed E-state index contributed by atoms with van der Waals surface area (Å²) in [6, 6.07) is 4.17. The summed E-state index contributed by atoms with van der Waals surface area (Å²) in [6.07, 6.45) is 4.15. The Morgan fingerprint density at radius 1 is 1.33 bits per heavy atom. The molecule has 0 fully saturated rings. The summed E-state index contributed by atoms with van der Waals surface area (Å²) in [5.74, 6) is 0. The van der Waals surface area contributed by atoms with Gasteiger partial charge in [0.2, 0.25) is 0 Å². The van der Waals surface area contributed by atoms with Crippen molar-refractivity contribution >= 4 is 0 Å². The third kappa shape index (κ3) is 4.12. The van der Waals surface area contributed by atoms with Crippen LogP contribution in [-0.2, 0) is 6.42 Å². The van der Waals surface area contributed by atoms with E-state index in [-0.39, 0.29) is 0 Å². The molecule has 12 heavy (non-hydrogen) atoms. The van der Waals surface area contributed by atoms with Gasteiger partial charge in [0.25, 0.3) is 0 Å². The Morgan fingerprint density at radius 2 is 2.00 bits per heavy atom. The first kappa shape index (κ1) is 11.2. The Kier molecular flexibility index (Phi) is 6.35. The molecule has 1 aromatic heterocycles. The zero-order valence-corrected chi connectivity index (χ0v) is 8.59. The van der Waals surface area contributed by atoms with Crippen LogP contribution in [0.5, 0.6) is 0 Å². The Labute approximate surface area is 75.8 Å². The molecule has 0 spiro atoms. The van der Waals surface area contributed by atoms with Crippen LogP contribution in [0.1, 0.15) is 38.4 Å². The lowest BCUT2D eigenvalue weighted by Gasteiger charge is -1.96. The van der Waals surface area contributed by atoms with E-state index in [0.717, 1.165) is 6.42 Å². The Balaban J connectivity index is 0.000000561. The largest absolute Gasteiger partial charge is 0.261 e. The standard InChI is InChI=1S/C9H13N.C2H6/c1-3-4-9-7-8(2)5-6-10-9;1-2/h5-7H,3-4H2,1-2H3;1-2H3. The topological polar surface area (TPSA) is 12.9 Å². The van der Waals surface area contributed by atoms with Crippen molar-refractivity contribution in [1.82, 2.24) is 4.98 Å². The summed E-state index contributed by atoms with van der Waals surface area (Å²) < 4.78 is 0. The summed E-state index contributed by atoms with van der Waals surface area (Å²) in [7, 11) is 0. The maximum Gasteiger partial charge on any atom is 0.0406 e. The highest BCUT2D eigenvalue weighted by Gasteiger charge is 1.90. The van der Waals surface area contributed by atoms with Crippen LogP contribution in [0.3, 0.4) is 0 Å². The zero-order valence-electron chi connectivity index (χ0n) is 8.59. The molecule has 0 amide bonds. The molecule has 0 saturated heterocycles. The molecule has 1 heterocycles. The second-order valence-corrected chi connectivity index (χ2v) is 2.57. The molecule has 0 aromatic carbocycles. The van der Waals surface area contributed by atoms with E-state index in [4.69, 9.17) is 0 Å². The lowest BCUT2D eigenvalue weighted by atomic mass is 10.2. The first-order valence-corrected chi connectivity index (χ1v) is 4.74. The third-order valence-corrected chi connectivity index (χ3v) is 1.48. The van der Waals surface area contributed by atoms with E-state index in [1.54, 1.807) is 0 Å². The van der Waals surface area contributed by atoms with Gasteiger partial charge in [0.15, 0.2) is 0 Å². The van der Waals surface area contributed by atoms with Crippen molar-refractivity contribution in [3.8, 4) is 0 Å². The van der Waals surface area contributed by atoms with Crippen LogP contribution in [0.15, 0.2) is 18.3 Å². The number of aromatic nitrogens is 1. The fraction of sp³-hybridized carbons (Fsp3) is 0.545. The van der Waals surface area contributed by atoms with Crippen molar-refractivity contribution in [3.63, 3.8) is 0 Å². The zero-order chi connectivity index (χ0) is 9.40. The molecule has 1 heteroatoms. The van der Waals surface area contributed by atoms with Crippen LogP contribution >= 0.6 is 0 Å². The van der Waals surface area contributed by atoms with Crippen molar-refractivity contribution in [2.75, 3.05) is 0 Å². The molecule has 0 atom stereocenters. The van der Waals surface area contributed by atoms with E-state index in [2.05, 4.69) is 24.9 Å². The van der Waals surface area contributed by atoms with Crippen LogP contribution < -0.4 is 0 Å². The molecule has 1 nitrogen and oxygen atoms in total. The van der Waals surface area contributed by atoms with Gasteiger partial charge in [-0.1, -0.05) is 27.2 Å². The van der Waals surface area contributed by atoms with Gasteiger partial charge in [-0.3, -0.25) is 4.98 Å². The molecule has 0 unspecified atom stereocenters. The van der Waals surface area contributed by atoms with Crippen LogP contribution in [0.25, 0.3) is 0 Å². The quantitative estimate of drug-likeness (QED) is 0.654. The van der Waals surface area contributed by atoms with E-state index < -0.39 is 0 Å². The first-order valence-electron chi connectivity index (χ1n) is 4.74. The Hall–Kier alpha value is -0.850. The number of nitrogens with zero attached hydrogens (tertiary/aromatic N) is 1. The van der Waals surface area contributed by atoms with Crippen molar-refractivity contribution in [2.45, 2.75) is 40.5 Å². The maximum atomic E-state index is 4.23. The van der Waals surface area contributed by atoms with Gasteiger partial charge >= 0.3 is 0 Å². The van der Waals surface area contributed by atoms with Crippen molar-refractivity contribution < 1.29 is 0 Å². The lowest BCUT2D eigenvalue weighted by Crippen LogP contribution is -1.87. The van der Waals surface area contributed by atoms with Gasteiger partial charge in [-0.15, -0.1) is 0 Å². The van der Waals surface area contributed by atoms with Crippen molar-refractivity contribution in [1.29, 1.82) is 0 Å². The number of hydrogen-bond donors (Lipinski definition) is 0. The number of aryl methyl sites for hydroxylation is 2. The minimum absolute atomic E-state index is 1.10. The average Bonchev–Trinajstić information content (AvgIpc) is 2.09. The molecule has 68 valence electrons. The monoisotopic (exact) mass is 165 g/mol. The highest BCUT2D eigenvalue weighted by Crippen LogP contribution is 2.01. The van der Waals surface area contributed by atoms with Crippen LogP contribution in [0.2, 0.25) is 0 Å². The number of rotatable bonds is 2. The summed E-state index contributed by atoms with van der Waals surface area (Å²) in [5.41, 5.74) is 2.51. The first-order chi connectivity index (χ1) is 5.83. The average molecular weight is 165 g/mol. The van der Waals surface area contributed by atoms with Crippen LogP contribution in [-0.4, -0.2) is 4.98 Å². The molecule has 0 aliphatic heterocycles. The predicted octanol–water partition coefficient (Wildman–Crippen LogP) is 3.37. The molecule has 0 bridgehead atoms. The van der Waals surface area contributed by atoms with E-state index in [1.807, 2.05) is 26.1 Å². The maximum absolute atomic E-state index is 4.23. The van der Waals surface area contributed by atoms with E-state index in [0.29, 0.717) is 0 Å². The van der Waals surface area contributed by atoms with E-state index >= 15 is 0 Å². The highest BCUT2D eigenvalue weighted by atomic mass is 14.7. The Bertz CT molecular complexity index is 206. The normalized spacial score (nSPS) is 8.67. The predicted molar refractivity (Wildman–Crippen MR) is 54.3 cm³/mol. The van der Waals surface area contributed by atoms with Crippen LogP contribution in [0, 0.1) is 6.92 Å². The van der Waals surface area contributed by atoms with Gasteiger partial charge in [-0.2, -0.15) is 0 Å². The lowest BCUT2D eigenvalue weighted by molar-refractivity contribution is 0.880. The van der Waals surface area contributed by atoms with Gasteiger partial charge in [-0.25, -0.2) is 0 Å². The van der Waals surface area contributed by atoms with Gasteiger partial charge in [0.1, 0.15) is 0 Å². The van der Waals surface area contributed by atoms with Gasteiger partial charge in [0, 0.05) is 11.9 Å². The molecule has 0 N–H and O–H groups in total. The molecule has 0 aliphatic rings. The molecule has 0 aliphatic carbocycles. The molecular weight excluding hydrogens is 146 g/mol. The SMILES string of the molecule is CC.CCCc1cc(C)ccn1. The molecule has 0 radical (unpaired) electrons. The van der Waals surface area contributed by atoms with Gasteiger partial charge in [-0.05, 0) is 31.0 Å². The smallest absolute Gasteiger partial charge is 0.0406 e. The molecule has 1 rings (SSSR count). The Morgan fingerprint density at radius 3 is 2.50 bits per heavy atom. The summed E-state index contributed by atoms with van der Waals surface area (Å²) in [4.78, 5) is 4.23. The number of hydrogen-bond acceptors (Lipinski definition) is 1. The summed E-state index contributed by atoms with van der Waals surface area (Å²) in [5, 5.41) is 0. The summed E-state index contributed by atoms with van der Waals surface area (Å²) >= 11 is 0. The highest BCUT2D eigenvalue weighted by molar-refractivity contribution is 5.14. The fourth-order valence-corrected chi connectivity index (χ4v) is 0.992. The minimum Gasteiger partial charge on any atom is -0.261 e. The summed E-state index contributed by atoms with van der Waals surface area (Å²) in [6.45, 7) is 8.27. The van der Waals surface area contributed by atoms with E-state index in [9.17, 15) is 0 Å². The number of pyridine rings is 1. The minimum atomic E-state index is 1.10. The molecular formula is C11H19N. The third-order valence-electron chi connectivity index (χ3n) is 1.48. The van der Waals surface area contributed by atoms with Crippen molar-refractivity contribution in [3.05, 3.63) is 29.6 Å². The van der Waals surface area contributed by atoms with Crippen molar-refractivity contribution in [2.24, 2.45) is 0 Å². The molecule has 0 saturated carbocycles. The second kappa shape index (κ2) is 6.84. The second-order valence-electron chi connectivity index (χ2n) is 2.57. The van der Waals surface area contributed by atoms with Crippen LogP contribution in [0.4, 0.5) is 0 Å². The fourth-order valence-electron chi connectivity index (χ4n) is 0.992. The van der Waals surface area contributed by atoms with Gasteiger partial charge in [0.05, 0.1) is 0 Å². The molecule has 1 aromatic rings.